The lowest BCUT2D eigenvalue weighted by molar-refractivity contribution is -0.114. The molecule has 0 aliphatic rings. The van der Waals surface area contributed by atoms with Crippen molar-refractivity contribution in [2.24, 2.45) is 7.05 Å². The number of sulfone groups is 1. The summed E-state index contributed by atoms with van der Waals surface area (Å²) in [6.45, 7) is 1.37. The fraction of sp³-hybridized carbons (Fsp3) is 0.167. The van der Waals surface area contributed by atoms with E-state index in [-0.39, 0.29) is 11.1 Å². The Hall–Kier alpha value is -3.07. The van der Waals surface area contributed by atoms with Crippen LogP contribution in [0.2, 0.25) is 0 Å². The van der Waals surface area contributed by atoms with Crippen molar-refractivity contribution >= 4 is 21.6 Å². The topological polar surface area (TPSA) is 94.0 Å². The van der Waals surface area contributed by atoms with Crippen LogP contribution < -0.4 is 5.32 Å². The van der Waals surface area contributed by atoms with Gasteiger partial charge in [0.1, 0.15) is 11.6 Å². The summed E-state index contributed by atoms with van der Waals surface area (Å²) in [6.07, 6.45) is 2.57. The second-order valence-corrected chi connectivity index (χ2v) is 7.95. The third-order valence-electron chi connectivity index (χ3n) is 3.84. The number of hydrogen-bond donors (Lipinski definition) is 1. The number of nitrogens with one attached hydrogen (secondary N) is 1. The van der Waals surface area contributed by atoms with E-state index in [4.69, 9.17) is 0 Å². The quantitative estimate of drug-likeness (QED) is 0.742. The maximum Gasteiger partial charge on any atom is 0.228 e. The van der Waals surface area contributed by atoms with Gasteiger partial charge < -0.3 is 9.88 Å². The van der Waals surface area contributed by atoms with Crippen molar-refractivity contribution in [1.82, 2.24) is 14.5 Å². The number of aromatic nitrogens is 3. The average Bonchev–Trinajstić information content (AvgIpc) is 2.93. The third-order valence-corrected chi connectivity index (χ3v) is 4.87. The molecule has 3 aromatic rings. The zero-order valence-electron chi connectivity index (χ0n) is 14.9. The van der Waals surface area contributed by atoms with Crippen molar-refractivity contribution in [2.45, 2.75) is 12.1 Å². The molecule has 27 heavy (non-hydrogen) atoms. The van der Waals surface area contributed by atoms with Gasteiger partial charge >= 0.3 is 0 Å². The summed E-state index contributed by atoms with van der Waals surface area (Å²) < 4.78 is 39.0. The van der Waals surface area contributed by atoms with Gasteiger partial charge in [0.25, 0.3) is 0 Å². The first-order valence-corrected chi connectivity index (χ1v) is 9.82. The molecule has 0 spiro atoms. The normalized spacial score (nSPS) is 11.4. The van der Waals surface area contributed by atoms with E-state index in [0.29, 0.717) is 28.3 Å². The zero-order chi connectivity index (χ0) is 19.8. The maximum atomic E-state index is 13.3. The lowest BCUT2D eigenvalue weighted by Gasteiger charge is -2.09. The number of halogens is 1. The van der Waals surface area contributed by atoms with Crippen molar-refractivity contribution in [3.05, 3.63) is 48.4 Å². The molecule has 140 valence electrons. The molecule has 0 radical (unpaired) electrons. The number of hydrogen-bond acceptors (Lipinski definition) is 5. The lowest BCUT2D eigenvalue weighted by Crippen LogP contribution is -2.08. The minimum atomic E-state index is -3.60. The molecule has 9 heteroatoms. The van der Waals surface area contributed by atoms with Crippen LogP contribution in [0.4, 0.5) is 10.2 Å². The van der Waals surface area contributed by atoms with Crippen LogP contribution in [-0.4, -0.2) is 35.1 Å². The lowest BCUT2D eigenvalue weighted by atomic mass is 10.1. The largest absolute Gasteiger partial charge is 0.317 e. The third kappa shape index (κ3) is 3.87. The van der Waals surface area contributed by atoms with Crippen molar-refractivity contribution < 1.29 is 17.6 Å². The summed E-state index contributed by atoms with van der Waals surface area (Å²) in [6, 6.07) is 8.93. The molecule has 0 saturated carbocycles. The Bertz CT molecular complexity index is 1120. The Morgan fingerprint density at radius 1 is 1.15 bits per heavy atom. The average molecular weight is 388 g/mol. The Labute approximate surface area is 155 Å². The van der Waals surface area contributed by atoms with Gasteiger partial charge in [-0.1, -0.05) is 0 Å². The van der Waals surface area contributed by atoms with E-state index in [2.05, 4.69) is 15.3 Å². The summed E-state index contributed by atoms with van der Waals surface area (Å²) in [4.78, 5) is 19.7. The number of nitrogens with zero attached hydrogens (tertiary/aromatic N) is 3. The van der Waals surface area contributed by atoms with Gasteiger partial charge in [-0.2, -0.15) is 0 Å². The van der Waals surface area contributed by atoms with Gasteiger partial charge in [0.15, 0.2) is 0 Å². The van der Waals surface area contributed by atoms with Gasteiger partial charge in [-0.25, -0.2) is 22.8 Å². The second kappa shape index (κ2) is 6.92. The van der Waals surface area contributed by atoms with E-state index in [1.165, 1.54) is 42.0 Å². The van der Waals surface area contributed by atoms with Crippen LogP contribution in [0.15, 0.2) is 47.8 Å². The molecule has 1 aromatic carbocycles. The van der Waals surface area contributed by atoms with Crippen LogP contribution in [0.5, 0.6) is 0 Å². The predicted molar refractivity (Wildman–Crippen MR) is 99.2 cm³/mol. The van der Waals surface area contributed by atoms with Crippen LogP contribution in [0.3, 0.4) is 0 Å². The molecule has 0 unspecified atom stereocenters. The van der Waals surface area contributed by atoms with Gasteiger partial charge in [-0.15, -0.1) is 0 Å². The molecule has 1 N–H and O–H groups in total. The number of pyridine rings is 1. The first-order chi connectivity index (χ1) is 12.7. The van der Waals surface area contributed by atoms with Crippen molar-refractivity contribution in [3.63, 3.8) is 0 Å². The number of rotatable bonds is 4. The molecule has 0 bridgehead atoms. The van der Waals surface area contributed by atoms with Gasteiger partial charge in [0.2, 0.25) is 20.9 Å². The van der Waals surface area contributed by atoms with Crippen molar-refractivity contribution in [2.75, 3.05) is 11.6 Å². The number of anilines is 1. The predicted octanol–water partition coefficient (Wildman–Crippen LogP) is 2.65. The summed E-state index contributed by atoms with van der Waals surface area (Å²) in [5, 5.41) is 2.47. The number of carbonyl (C=O) groups is 1. The highest BCUT2D eigenvalue weighted by Gasteiger charge is 2.23. The highest BCUT2D eigenvalue weighted by Crippen LogP contribution is 2.34. The molecule has 0 aliphatic heterocycles. The Morgan fingerprint density at radius 3 is 2.41 bits per heavy atom. The van der Waals surface area contributed by atoms with Crippen molar-refractivity contribution in [1.29, 1.82) is 0 Å². The summed E-state index contributed by atoms with van der Waals surface area (Å²) in [7, 11) is -2.01. The Morgan fingerprint density at radius 2 is 1.81 bits per heavy atom. The van der Waals surface area contributed by atoms with E-state index >= 15 is 0 Å². The molecule has 7 nitrogen and oxygen atoms in total. The summed E-state index contributed by atoms with van der Waals surface area (Å²) >= 11 is 0. The van der Waals surface area contributed by atoms with Gasteiger partial charge in [0.05, 0.1) is 11.4 Å². The maximum absolute atomic E-state index is 13.3. The molecular weight excluding hydrogens is 371 g/mol. The minimum absolute atomic E-state index is 0.116. The van der Waals surface area contributed by atoms with Crippen LogP contribution >= 0.6 is 0 Å². The number of imidazole rings is 1. The number of amides is 1. The van der Waals surface area contributed by atoms with E-state index < -0.39 is 15.7 Å². The van der Waals surface area contributed by atoms with E-state index in [1.807, 2.05) is 0 Å². The highest BCUT2D eigenvalue weighted by atomic mass is 32.2. The van der Waals surface area contributed by atoms with Crippen LogP contribution in [-0.2, 0) is 21.7 Å². The molecule has 1 amide bonds. The van der Waals surface area contributed by atoms with Crippen molar-refractivity contribution in [3.8, 4) is 22.5 Å². The minimum Gasteiger partial charge on any atom is -0.317 e. The molecular formula is C18H17FN4O3S. The molecule has 2 heterocycles. The summed E-state index contributed by atoms with van der Waals surface area (Å²) in [5.41, 5.74) is 2.07. The van der Waals surface area contributed by atoms with E-state index in [1.54, 1.807) is 19.2 Å². The van der Waals surface area contributed by atoms with Crippen LogP contribution in [0.25, 0.3) is 22.5 Å². The Balaban J connectivity index is 2.26. The fourth-order valence-electron chi connectivity index (χ4n) is 2.78. The summed E-state index contributed by atoms with van der Waals surface area (Å²) in [5.74, 6) is -0.358. The molecule has 2 aromatic heterocycles. The molecule has 0 aliphatic carbocycles. The highest BCUT2D eigenvalue weighted by molar-refractivity contribution is 7.90. The SMILES string of the molecule is CC(=O)Nc1cc(-c2c(-c3ccc(F)cc3)nc(S(C)(=O)=O)n2C)ccn1. The first kappa shape index (κ1) is 18.7. The Kier molecular flexibility index (Phi) is 4.79. The number of benzene rings is 1. The van der Waals surface area contributed by atoms with Gasteiger partial charge in [0, 0.05) is 37.6 Å². The van der Waals surface area contributed by atoms with E-state index in [0.717, 1.165) is 6.26 Å². The fourth-order valence-corrected chi connectivity index (χ4v) is 3.62. The molecule has 0 saturated heterocycles. The number of carbonyl (C=O) groups excluding carboxylic acids is 1. The van der Waals surface area contributed by atoms with Gasteiger partial charge in [-0.3, -0.25) is 4.79 Å². The van der Waals surface area contributed by atoms with Crippen LogP contribution in [0.1, 0.15) is 6.92 Å². The molecule has 0 fully saturated rings. The standard InChI is InChI=1S/C18H17FN4O3S/c1-11(24)21-15-10-13(8-9-20-15)17-16(12-4-6-14(19)7-5-12)22-18(23(17)2)27(3,25)26/h4-10H,1-3H3,(H,20,21,24). The second-order valence-electron chi connectivity index (χ2n) is 6.04. The first-order valence-electron chi connectivity index (χ1n) is 7.93. The van der Waals surface area contributed by atoms with Gasteiger partial charge in [-0.05, 0) is 36.4 Å². The van der Waals surface area contributed by atoms with Crippen LogP contribution in [0, 0.1) is 5.82 Å². The van der Waals surface area contributed by atoms with E-state index in [9.17, 15) is 17.6 Å². The molecule has 0 atom stereocenters. The molecule has 3 rings (SSSR count). The monoisotopic (exact) mass is 388 g/mol. The zero-order valence-corrected chi connectivity index (χ0v) is 15.7. The smallest absolute Gasteiger partial charge is 0.228 e.